The predicted octanol–water partition coefficient (Wildman–Crippen LogP) is 0.932. The zero-order valence-corrected chi connectivity index (χ0v) is 8.03. The van der Waals surface area contributed by atoms with Crippen molar-refractivity contribution in [1.82, 2.24) is 5.32 Å². The molecule has 0 aromatic heterocycles. The van der Waals surface area contributed by atoms with Crippen LogP contribution in [0.15, 0.2) is 12.7 Å². The number of hydrogen-bond acceptors (Lipinski definition) is 2. The summed E-state index contributed by atoms with van der Waals surface area (Å²) in [6, 6.07) is 0.121. The molecule has 0 aromatic rings. The first kappa shape index (κ1) is 10.8. The molecule has 0 heterocycles. The molecule has 4 heteroatoms. The van der Waals surface area contributed by atoms with Crippen LogP contribution in [-0.4, -0.2) is 23.0 Å². The van der Waals surface area contributed by atoms with E-state index in [4.69, 9.17) is 5.11 Å². The summed E-state index contributed by atoms with van der Waals surface area (Å²) < 4.78 is 0. The van der Waals surface area contributed by atoms with Gasteiger partial charge in [-0.2, -0.15) is 0 Å². The van der Waals surface area contributed by atoms with E-state index in [1.165, 1.54) is 6.08 Å². The molecule has 1 amide bonds. The van der Waals surface area contributed by atoms with Crippen molar-refractivity contribution in [2.45, 2.75) is 31.7 Å². The highest BCUT2D eigenvalue weighted by Gasteiger charge is 2.26. The molecule has 0 atom stereocenters. The van der Waals surface area contributed by atoms with Crippen molar-refractivity contribution < 1.29 is 14.7 Å². The lowest BCUT2D eigenvalue weighted by atomic mass is 9.86. The molecule has 2 N–H and O–H groups in total. The number of amides is 1. The minimum atomic E-state index is -0.724. The van der Waals surface area contributed by atoms with Crippen LogP contribution in [0, 0.1) is 5.92 Å². The van der Waals surface area contributed by atoms with Gasteiger partial charge in [0, 0.05) is 6.04 Å². The Kier molecular flexibility index (Phi) is 3.68. The Balaban J connectivity index is 2.32. The topological polar surface area (TPSA) is 66.4 Å². The second-order valence-corrected chi connectivity index (χ2v) is 3.60. The third-order valence-electron chi connectivity index (χ3n) is 2.61. The molecule has 14 heavy (non-hydrogen) atoms. The third kappa shape index (κ3) is 2.87. The van der Waals surface area contributed by atoms with Crippen LogP contribution in [0.2, 0.25) is 0 Å². The number of hydrogen-bond donors (Lipinski definition) is 2. The SMILES string of the molecule is C=CC(=O)NC1CCC(C(=O)O)CC1. The molecule has 1 saturated carbocycles. The minimum Gasteiger partial charge on any atom is -0.481 e. The first-order valence-corrected chi connectivity index (χ1v) is 4.79. The molecule has 0 aliphatic heterocycles. The highest BCUT2D eigenvalue weighted by atomic mass is 16.4. The second-order valence-electron chi connectivity index (χ2n) is 3.60. The van der Waals surface area contributed by atoms with E-state index in [0.29, 0.717) is 12.8 Å². The summed E-state index contributed by atoms with van der Waals surface area (Å²) in [6.07, 6.45) is 4.03. The fourth-order valence-corrected chi connectivity index (χ4v) is 1.74. The van der Waals surface area contributed by atoms with Crippen LogP contribution in [0.1, 0.15) is 25.7 Å². The molecule has 78 valence electrons. The highest BCUT2D eigenvalue weighted by molar-refractivity contribution is 5.87. The molecule has 0 saturated heterocycles. The van der Waals surface area contributed by atoms with Crippen LogP contribution < -0.4 is 5.32 Å². The van der Waals surface area contributed by atoms with Gasteiger partial charge in [-0.15, -0.1) is 0 Å². The summed E-state index contributed by atoms with van der Waals surface area (Å²) in [4.78, 5) is 21.6. The Hall–Kier alpha value is -1.32. The van der Waals surface area contributed by atoms with Crippen LogP contribution in [0.3, 0.4) is 0 Å². The molecule has 1 aliphatic rings. The molecule has 0 bridgehead atoms. The van der Waals surface area contributed by atoms with E-state index < -0.39 is 5.97 Å². The summed E-state index contributed by atoms with van der Waals surface area (Å²) in [5.41, 5.74) is 0. The maximum absolute atomic E-state index is 10.9. The molecule has 1 aliphatic carbocycles. The van der Waals surface area contributed by atoms with Crippen molar-refractivity contribution in [3.8, 4) is 0 Å². The summed E-state index contributed by atoms with van der Waals surface area (Å²) in [6.45, 7) is 3.36. The van der Waals surface area contributed by atoms with Crippen LogP contribution in [0.4, 0.5) is 0 Å². The Morgan fingerprint density at radius 3 is 2.29 bits per heavy atom. The summed E-state index contributed by atoms with van der Waals surface area (Å²) in [5, 5.41) is 11.5. The van der Waals surface area contributed by atoms with Gasteiger partial charge in [0.25, 0.3) is 0 Å². The van der Waals surface area contributed by atoms with Gasteiger partial charge in [-0.1, -0.05) is 6.58 Å². The van der Waals surface area contributed by atoms with E-state index in [0.717, 1.165) is 12.8 Å². The standard InChI is InChI=1S/C10H15NO3/c1-2-9(12)11-8-5-3-7(4-6-8)10(13)14/h2,7-8H,1,3-6H2,(H,11,12)(H,13,14). The van der Waals surface area contributed by atoms with Crippen molar-refractivity contribution in [2.24, 2.45) is 5.92 Å². The van der Waals surface area contributed by atoms with Crippen LogP contribution in [0.5, 0.6) is 0 Å². The fraction of sp³-hybridized carbons (Fsp3) is 0.600. The van der Waals surface area contributed by atoms with E-state index in [9.17, 15) is 9.59 Å². The van der Waals surface area contributed by atoms with Crippen molar-refractivity contribution in [2.75, 3.05) is 0 Å². The molecular weight excluding hydrogens is 182 g/mol. The zero-order chi connectivity index (χ0) is 10.6. The van der Waals surface area contributed by atoms with Crippen molar-refractivity contribution in [1.29, 1.82) is 0 Å². The van der Waals surface area contributed by atoms with Crippen molar-refractivity contribution >= 4 is 11.9 Å². The lowest BCUT2D eigenvalue weighted by Crippen LogP contribution is -2.37. The number of nitrogens with one attached hydrogen (secondary N) is 1. The first-order valence-electron chi connectivity index (χ1n) is 4.79. The van der Waals surface area contributed by atoms with Gasteiger partial charge in [-0.25, -0.2) is 0 Å². The van der Waals surface area contributed by atoms with E-state index >= 15 is 0 Å². The largest absolute Gasteiger partial charge is 0.481 e. The van der Waals surface area contributed by atoms with E-state index in [-0.39, 0.29) is 17.9 Å². The van der Waals surface area contributed by atoms with Gasteiger partial charge in [0.2, 0.25) is 5.91 Å². The minimum absolute atomic E-state index is 0.121. The lowest BCUT2D eigenvalue weighted by Gasteiger charge is -2.26. The monoisotopic (exact) mass is 197 g/mol. The molecule has 0 unspecified atom stereocenters. The van der Waals surface area contributed by atoms with Crippen LogP contribution in [0.25, 0.3) is 0 Å². The molecular formula is C10H15NO3. The number of carbonyl (C=O) groups excluding carboxylic acids is 1. The Labute approximate surface area is 83.0 Å². The number of rotatable bonds is 3. The lowest BCUT2D eigenvalue weighted by molar-refractivity contribution is -0.142. The van der Waals surface area contributed by atoms with Crippen molar-refractivity contribution in [3.05, 3.63) is 12.7 Å². The molecule has 1 rings (SSSR count). The van der Waals surface area contributed by atoms with Crippen molar-refractivity contribution in [3.63, 3.8) is 0 Å². The Morgan fingerprint density at radius 1 is 1.29 bits per heavy atom. The van der Waals surface area contributed by atoms with Crippen LogP contribution in [-0.2, 0) is 9.59 Å². The number of carboxylic acids is 1. The Bertz CT molecular complexity index is 242. The van der Waals surface area contributed by atoms with Gasteiger partial charge >= 0.3 is 5.97 Å². The molecule has 0 spiro atoms. The number of aliphatic carboxylic acids is 1. The third-order valence-corrected chi connectivity index (χ3v) is 2.61. The second kappa shape index (κ2) is 4.79. The average Bonchev–Trinajstić information content (AvgIpc) is 2.18. The quantitative estimate of drug-likeness (QED) is 0.661. The summed E-state index contributed by atoms with van der Waals surface area (Å²) in [7, 11) is 0. The van der Waals surface area contributed by atoms with Gasteiger partial charge in [0.1, 0.15) is 0 Å². The molecule has 1 fully saturated rings. The number of carbonyl (C=O) groups is 2. The van der Waals surface area contributed by atoms with E-state index in [1.54, 1.807) is 0 Å². The smallest absolute Gasteiger partial charge is 0.306 e. The average molecular weight is 197 g/mol. The van der Waals surface area contributed by atoms with Gasteiger partial charge in [0.05, 0.1) is 5.92 Å². The summed E-state index contributed by atoms with van der Waals surface area (Å²) in [5.74, 6) is -1.13. The highest BCUT2D eigenvalue weighted by Crippen LogP contribution is 2.24. The normalized spacial score (nSPS) is 26.6. The molecule has 4 nitrogen and oxygen atoms in total. The number of carboxylic acid groups (broad SMARTS) is 1. The van der Waals surface area contributed by atoms with E-state index in [1.807, 2.05) is 0 Å². The predicted molar refractivity (Wildman–Crippen MR) is 51.7 cm³/mol. The maximum atomic E-state index is 10.9. The van der Waals surface area contributed by atoms with Gasteiger partial charge in [-0.3, -0.25) is 9.59 Å². The fourth-order valence-electron chi connectivity index (χ4n) is 1.74. The molecule has 0 radical (unpaired) electrons. The zero-order valence-electron chi connectivity index (χ0n) is 8.03. The summed E-state index contributed by atoms with van der Waals surface area (Å²) >= 11 is 0. The van der Waals surface area contributed by atoms with Crippen LogP contribution >= 0.6 is 0 Å². The van der Waals surface area contributed by atoms with Gasteiger partial charge in [-0.05, 0) is 31.8 Å². The maximum Gasteiger partial charge on any atom is 0.306 e. The Morgan fingerprint density at radius 2 is 1.86 bits per heavy atom. The first-order chi connectivity index (χ1) is 6.63. The van der Waals surface area contributed by atoms with Gasteiger partial charge < -0.3 is 10.4 Å². The molecule has 0 aromatic carbocycles. The van der Waals surface area contributed by atoms with Gasteiger partial charge in [0.15, 0.2) is 0 Å². The van der Waals surface area contributed by atoms with E-state index in [2.05, 4.69) is 11.9 Å².